The normalized spacial score (nSPS) is 45.3. The Kier molecular flexibility index (Phi) is 1.92. The maximum absolute atomic E-state index is 11.5. The third-order valence-electron chi connectivity index (χ3n) is 5.46. The van der Waals surface area contributed by atoms with Crippen molar-refractivity contribution in [2.24, 2.45) is 23.7 Å². The minimum absolute atomic E-state index is 0.286. The van der Waals surface area contributed by atoms with Crippen molar-refractivity contribution in [3.8, 4) is 0 Å². The number of rotatable bonds is 2. The lowest BCUT2D eigenvalue weighted by molar-refractivity contribution is -0.132. The second kappa shape index (κ2) is 2.81. The van der Waals surface area contributed by atoms with Crippen LogP contribution in [0.4, 0.5) is 0 Å². The molecule has 0 N–H and O–H groups in total. The summed E-state index contributed by atoms with van der Waals surface area (Å²) < 4.78 is 6.45. The Labute approximate surface area is 98.9 Å². The predicted octanol–water partition coefficient (Wildman–Crippen LogP) is 2.84. The molecule has 3 aliphatic carbocycles. The van der Waals surface area contributed by atoms with Crippen LogP contribution < -0.4 is 0 Å². The quantitative estimate of drug-likeness (QED) is 0.692. The second-order valence-corrected chi connectivity index (χ2v) is 12.1. The molecule has 3 saturated carbocycles. The SMILES string of the molecule is CC(C)(C)[Si](C)(C)OC1C[C@H]2C(=O)C3C1[C@H]32. The van der Waals surface area contributed by atoms with Gasteiger partial charge in [0.05, 0.1) is 0 Å². The molecule has 0 radical (unpaired) electrons. The standard InChI is InChI=1S/C13H22O2Si/c1-13(2,3)16(4,5)15-8-6-7-9-10(8)11(9)12(7)14/h7-11H,6H2,1-5H3/t7-,8?,9-,10?,11?/m1/s1. The second-order valence-electron chi connectivity index (χ2n) is 7.34. The van der Waals surface area contributed by atoms with Crippen molar-refractivity contribution in [1.29, 1.82) is 0 Å². The molecule has 3 fully saturated rings. The van der Waals surface area contributed by atoms with Gasteiger partial charge in [-0.05, 0) is 36.4 Å². The summed E-state index contributed by atoms with van der Waals surface area (Å²) >= 11 is 0. The van der Waals surface area contributed by atoms with Crippen LogP contribution in [0.5, 0.6) is 0 Å². The van der Waals surface area contributed by atoms with Gasteiger partial charge in [0.25, 0.3) is 0 Å². The highest BCUT2D eigenvalue weighted by Gasteiger charge is 2.76. The fourth-order valence-electron chi connectivity index (χ4n) is 3.42. The molecule has 3 aliphatic rings. The van der Waals surface area contributed by atoms with Crippen LogP contribution >= 0.6 is 0 Å². The van der Waals surface area contributed by atoms with Crippen molar-refractivity contribution in [3.05, 3.63) is 0 Å². The summed E-state index contributed by atoms with van der Waals surface area (Å²) in [6.07, 6.45) is 1.44. The molecule has 0 heterocycles. The largest absolute Gasteiger partial charge is 0.414 e. The van der Waals surface area contributed by atoms with Gasteiger partial charge < -0.3 is 4.43 Å². The lowest BCUT2D eigenvalue weighted by Gasteiger charge is -2.40. The van der Waals surface area contributed by atoms with Crippen LogP contribution in [0.25, 0.3) is 0 Å². The molecule has 5 atom stereocenters. The molecule has 90 valence electrons. The highest BCUT2D eigenvalue weighted by Crippen LogP contribution is 2.71. The average Bonchev–Trinajstić information content (AvgIpc) is 2.71. The first-order chi connectivity index (χ1) is 7.24. The fraction of sp³-hybridized carbons (Fsp3) is 0.923. The third-order valence-corrected chi connectivity index (χ3v) is 9.96. The number of carbonyl (C=O) groups is 1. The van der Waals surface area contributed by atoms with Crippen LogP contribution in [0, 0.1) is 23.7 Å². The molecule has 16 heavy (non-hydrogen) atoms. The molecule has 3 unspecified atom stereocenters. The average molecular weight is 238 g/mol. The molecule has 0 aromatic rings. The Bertz CT molecular complexity index is 355. The van der Waals surface area contributed by atoms with Crippen molar-refractivity contribution < 1.29 is 9.22 Å². The molecular formula is C13H22O2Si. The summed E-state index contributed by atoms with van der Waals surface area (Å²) in [5.74, 6) is 2.72. The highest BCUT2D eigenvalue weighted by molar-refractivity contribution is 6.74. The van der Waals surface area contributed by atoms with Gasteiger partial charge in [-0.15, -0.1) is 0 Å². The van der Waals surface area contributed by atoms with E-state index in [1.807, 2.05) is 0 Å². The Morgan fingerprint density at radius 2 is 1.88 bits per heavy atom. The molecule has 0 amide bonds. The fourth-order valence-corrected chi connectivity index (χ4v) is 4.78. The van der Waals surface area contributed by atoms with Gasteiger partial charge in [0.2, 0.25) is 0 Å². The van der Waals surface area contributed by atoms with Crippen LogP contribution in [0.2, 0.25) is 18.1 Å². The first kappa shape index (κ1) is 11.0. The van der Waals surface area contributed by atoms with E-state index in [1.165, 1.54) is 0 Å². The van der Waals surface area contributed by atoms with Crippen molar-refractivity contribution in [2.45, 2.75) is 51.4 Å². The van der Waals surface area contributed by atoms with E-state index in [4.69, 9.17) is 4.43 Å². The smallest absolute Gasteiger partial charge is 0.192 e. The van der Waals surface area contributed by atoms with Gasteiger partial charge in [-0.2, -0.15) is 0 Å². The van der Waals surface area contributed by atoms with E-state index in [0.717, 1.165) is 12.3 Å². The summed E-state index contributed by atoms with van der Waals surface area (Å²) in [5, 5.41) is 0.286. The molecule has 2 nitrogen and oxygen atoms in total. The summed E-state index contributed by atoms with van der Waals surface area (Å²) in [5.41, 5.74) is 0. The van der Waals surface area contributed by atoms with Crippen molar-refractivity contribution in [1.82, 2.24) is 0 Å². The van der Waals surface area contributed by atoms with Crippen LogP contribution in [-0.2, 0) is 9.22 Å². The van der Waals surface area contributed by atoms with E-state index < -0.39 is 8.32 Å². The minimum atomic E-state index is -1.63. The van der Waals surface area contributed by atoms with Gasteiger partial charge in [-0.3, -0.25) is 4.79 Å². The Morgan fingerprint density at radius 3 is 2.25 bits per heavy atom. The predicted molar refractivity (Wildman–Crippen MR) is 65.7 cm³/mol. The van der Waals surface area contributed by atoms with Crippen LogP contribution in [0.1, 0.15) is 27.2 Å². The number of hydrogen-bond acceptors (Lipinski definition) is 2. The highest BCUT2D eigenvalue weighted by atomic mass is 28.4. The summed E-state index contributed by atoms with van der Waals surface area (Å²) in [7, 11) is -1.63. The van der Waals surface area contributed by atoms with E-state index >= 15 is 0 Å². The van der Waals surface area contributed by atoms with E-state index in [1.54, 1.807) is 0 Å². The Morgan fingerprint density at radius 1 is 1.25 bits per heavy atom. The molecule has 0 aliphatic heterocycles. The first-order valence-electron chi connectivity index (χ1n) is 6.45. The van der Waals surface area contributed by atoms with Gasteiger partial charge in [-0.25, -0.2) is 0 Å². The number of Topliss-reactive ketones (excluding diaryl/α,β-unsaturated/α-hetero) is 1. The summed E-state index contributed by atoms with van der Waals surface area (Å²) in [6, 6.07) is 0. The number of ketones is 1. The monoisotopic (exact) mass is 238 g/mol. The zero-order valence-corrected chi connectivity index (χ0v) is 11.9. The topological polar surface area (TPSA) is 26.3 Å². The summed E-state index contributed by atoms with van der Waals surface area (Å²) in [4.78, 5) is 11.5. The minimum Gasteiger partial charge on any atom is -0.414 e. The van der Waals surface area contributed by atoms with Crippen LogP contribution in [-0.4, -0.2) is 20.2 Å². The molecule has 0 aromatic carbocycles. The first-order valence-corrected chi connectivity index (χ1v) is 9.36. The van der Waals surface area contributed by atoms with Gasteiger partial charge in [0, 0.05) is 17.9 Å². The molecule has 0 saturated heterocycles. The molecule has 3 heteroatoms. The third kappa shape index (κ3) is 1.19. The van der Waals surface area contributed by atoms with Gasteiger partial charge in [0.1, 0.15) is 5.78 Å². The lowest BCUT2D eigenvalue weighted by Crippen LogP contribution is -2.46. The van der Waals surface area contributed by atoms with E-state index in [2.05, 4.69) is 33.9 Å². The number of fused-ring (bicyclic) bond motifs is 1. The number of hydrogen-bond donors (Lipinski definition) is 0. The van der Waals surface area contributed by atoms with Gasteiger partial charge in [0.15, 0.2) is 8.32 Å². The molecule has 0 aromatic heterocycles. The molecular weight excluding hydrogens is 216 g/mol. The maximum atomic E-state index is 11.5. The van der Waals surface area contributed by atoms with Crippen molar-refractivity contribution in [2.75, 3.05) is 0 Å². The number of carbonyl (C=O) groups excluding carboxylic acids is 1. The zero-order valence-electron chi connectivity index (χ0n) is 10.9. The molecule has 0 spiro atoms. The van der Waals surface area contributed by atoms with Crippen molar-refractivity contribution >= 4 is 14.1 Å². The van der Waals surface area contributed by atoms with Crippen molar-refractivity contribution in [3.63, 3.8) is 0 Å². The maximum Gasteiger partial charge on any atom is 0.192 e. The Balaban J connectivity index is 1.68. The van der Waals surface area contributed by atoms with E-state index in [-0.39, 0.29) is 5.04 Å². The van der Waals surface area contributed by atoms with Crippen LogP contribution in [0.3, 0.4) is 0 Å². The van der Waals surface area contributed by atoms with Gasteiger partial charge >= 0.3 is 0 Å². The lowest BCUT2D eigenvalue weighted by atomic mass is 9.80. The zero-order chi connectivity index (χ0) is 11.9. The van der Waals surface area contributed by atoms with Gasteiger partial charge in [-0.1, -0.05) is 20.8 Å². The van der Waals surface area contributed by atoms with Crippen LogP contribution in [0.15, 0.2) is 0 Å². The van der Waals surface area contributed by atoms with E-state index in [0.29, 0.717) is 29.6 Å². The molecule has 0 bridgehead atoms. The molecule has 3 rings (SSSR count). The summed E-state index contributed by atoms with van der Waals surface area (Å²) in [6.45, 7) is 11.5. The Hall–Kier alpha value is -0.153. The van der Waals surface area contributed by atoms with E-state index in [9.17, 15) is 4.79 Å².